The highest BCUT2D eigenvalue weighted by atomic mass is 16.5. The summed E-state index contributed by atoms with van der Waals surface area (Å²) in [6, 6.07) is 0. The lowest BCUT2D eigenvalue weighted by Crippen LogP contribution is -2.49. The van der Waals surface area contributed by atoms with Crippen molar-refractivity contribution in [3.05, 3.63) is 11.7 Å². The summed E-state index contributed by atoms with van der Waals surface area (Å²) in [5.41, 5.74) is 5.82. The minimum absolute atomic E-state index is 0.0361. The fourth-order valence-electron chi connectivity index (χ4n) is 1.69. The topological polar surface area (TPSA) is 94.0 Å². The number of carbonyl (C=O) groups excluding carboxylic acids is 1. The summed E-state index contributed by atoms with van der Waals surface area (Å²) in [4.78, 5) is 16.0. The van der Waals surface area contributed by atoms with Gasteiger partial charge < -0.3 is 15.6 Å². The standard InChI is InChI=1S/C14H26N4O2/c1-5-14(15,6-2)9-16-11(19)7-8-12-17-13(10(3)4)18-20-12/h10H,5-9,15H2,1-4H3,(H,16,19). The lowest BCUT2D eigenvalue weighted by atomic mass is 9.94. The van der Waals surface area contributed by atoms with Gasteiger partial charge in [-0.3, -0.25) is 4.79 Å². The normalized spacial score (nSPS) is 11.9. The summed E-state index contributed by atoms with van der Waals surface area (Å²) < 4.78 is 5.10. The first-order valence-electron chi connectivity index (χ1n) is 7.28. The second-order valence-electron chi connectivity index (χ2n) is 5.55. The smallest absolute Gasteiger partial charge is 0.227 e. The van der Waals surface area contributed by atoms with Crippen molar-refractivity contribution < 1.29 is 9.32 Å². The molecule has 0 aliphatic heterocycles. The van der Waals surface area contributed by atoms with E-state index in [9.17, 15) is 4.79 Å². The number of hydrogen-bond acceptors (Lipinski definition) is 5. The first-order valence-corrected chi connectivity index (χ1v) is 7.28. The molecule has 6 heteroatoms. The van der Waals surface area contributed by atoms with Gasteiger partial charge in [-0.1, -0.05) is 32.9 Å². The highest BCUT2D eigenvalue weighted by Gasteiger charge is 2.21. The highest BCUT2D eigenvalue weighted by Crippen LogP contribution is 2.11. The van der Waals surface area contributed by atoms with Gasteiger partial charge in [0.05, 0.1) is 0 Å². The Hall–Kier alpha value is -1.43. The van der Waals surface area contributed by atoms with E-state index in [1.807, 2.05) is 27.7 Å². The molecule has 0 radical (unpaired) electrons. The summed E-state index contributed by atoms with van der Waals surface area (Å²) >= 11 is 0. The van der Waals surface area contributed by atoms with Crippen molar-refractivity contribution >= 4 is 5.91 Å². The van der Waals surface area contributed by atoms with Crippen LogP contribution in [0.15, 0.2) is 4.52 Å². The zero-order valence-corrected chi connectivity index (χ0v) is 12.9. The van der Waals surface area contributed by atoms with Crippen LogP contribution in [0.1, 0.15) is 64.6 Å². The lowest BCUT2D eigenvalue weighted by molar-refractivity contribution is -0.121. The van der Waals surface area contributed by atoms with Gasteiger partial charge in [0.1, 0.15) is 0 Å². The molecule has 6 nitrogen and oxygen atoms in total. The number of carbonyl (C=O) groups is 1. The molecule has 0 fully saturated rings. The molecule has 0 atom stereocenters. The fraction of sp³-hybridized carbons (Fsp3) is 0.786. The van der Waals surface area contributed by atoms with Crippen LogP contribution in [-0.2, 0) is 11.2 Å². The van der Waals surface area contributed by atoms with Gasteiger partial charge in [-0.15, -0.1) is 0 Å². The number of rotatable bonds is 8. The first-order chi connectivity index (χ1) is 9.40. The van der Waals surface area contributed by atoms with Gasteiger partial charge in [-0.2, -0.15) is 4.98 Å². The van der Waals surface area contributed by atoms with Crippen molar-refractivity contribution in [2.24, 2.45) is 5.73 Å². The van der Waals surface area contributed by atoms with Crippen LogP contribution >= 0.6 is 0 Å². The molecule has 0 aromatic carbocycles. The van der Waals surface area contributed by atoms with Gasteiger partial charge >= 0.3 is 0 Å². The van der Waals surface area contributed by atoms with E-state index in [0.717, 1.165) is 12.8 Å². The van der Waals surface area contributed by atoms with Crippen molar-refractivity contribution in [2.45, 2.75) is 64.8 Å². The zero-order chi connectivity index (χ0) is 15.2. The molecule has 0 saturated heterocycles. The summed E-state index contributed by atoms with van der Waals surface area (Å²) in [5.74, 6) is 1.38. The molecule has 114 valence electrons. The van der Waals surface area contributed by atoms with Crippen molar-refractivity contribution in [1.29, 1.82) is 0 Å². The Morgan fingerprint density at radius 3 is 2.55 bits per heavy atom. The molecular formula is C14H26N4O2. The predicted octanol–water partition coefficient (Wildman–Crippen LogP) is 1.76. The average molecular weight is 282 g/mol. The molecule has 0 saturated carbocycles. The van der Waals surface area contributed by atoms with Crippen LogP contribution in [0, 0.1) is 0 Å². The van der Waals surface area contributed by atoms with E-state index in [0.29, 0.717) is 31.1 Å². The molecular weight excluding hydrogens is 256 g/mol. The van der Waals surface area contributed by atoms with Crippen LogP contribution < -0.4 is 11.1 Å². The van der Waals surface area contributed by atoms with Crippen LogP contribution in [0.5, 0.6) is 0 Å². The molecule has 0 unspecified atom stereocenters. The van der Waals surface area contributed by atoms with Gasteiger partial charge in [-0.25, -0.2) is 0 Å². The lowest BCUT2D eigenvalue weighted by Gasteiger charge is -2.26. The monoisotopic (exact) mass is 282 g/mol. The molecule has 0 aliphatic carbocycles. The number of aryl methyl sites for hydroxylation is 1. The van der Waals surface area contributed by atoms with Gasteiger partial charge in [0, 0.05) is 30.8 Å². The van der Waals surface area contributed by atoms with E-state index >= 15 is 0 Å². The van der Waals surface area contributed by atoms with Crippen LogP contribution in [0.3, 0.4) is 0 Å². The average Bonchev–Trinajstić information content (AvgIpc) is 2.91. The number of amides is 1. The molecule has 1 aromatic heterocycles. The minimum atomic E-state index is -0.315. The van der Waals surface area contributed by atoms with Crippen LogP contribution in [0.2, 0.25) is 0 Å². The van der Waals surface area contributed by atoms with Gasteiger partial charge in [0.15, 0.2) is 5.82 Å². The van der Waals surface area contributed by atoms with E-state index in [1.54, 1.807) is 0 Å². The Morgan fingerprint density at radius 2 is 2.05 bits per heavy atom. The van der Waals surface area contributed by atoms with Gasteiger partial charge in [0.25, 0.3) is 0 Å². The number of nitrogens with zero attached hydrogens (tertiary/aromatic N) is 2. The van der Waals surface area contributed by atoms with Gasteiger partial charge in [0.2, 0.25) is 11.8 Å². The third-order valence-electron chi connectivity index (χ3n) is 3.61. The molecule has 0 aliphatic rings. The number of nitrogens with one attached hydrogen (secondary N) is 1. The Balaban J connectivity index is 2.36. The van der Waals surface area contributed by atoms with E-state index in [4.69, 9.17) is 10.3 Å². The van der Waals surface area contributed by atoms with Crippen molar-refractivity contribution in [2.75, 3.05) is 6.54 Å². The van der Waals surface area contributed by atoms with Crippen LogP contribution in [0.4, 0.5) is 0 Å². The molecule has 1 aromatic rings. The van der Waals surface area contributed by atoms with E-state index in [1.165, 1.54) is 0 Å². The van der Waals surface area contributed by atoms with E-state index in [-0.39, 0.29) is 17.4 Å². The Labute approximate surface area is 120 Å². The Morgan fingerprint density at radius 1 is 1.40 bits per heavy atom. The Bertz CT molecular complexity index is 425. The maximum Gasteiger partial charge on any atom is 0.227 e. The summed E-state index contributed by atoms with van der Waals surface area (Å²) in [7, 11) is 0. The number of aromatic nitrogens is 2. The van der Waals surface area contributed by atoms with Crippen LogP contribution in [0.25, 0.3) is 0 Å². The van der Waals surface area contributed by atoms with Crippen molar-refractivity contribution in [1.82, 2.24) is 15.5 Å². The second-order valence-corrected chi connectivity index (χ2v) is 5.55. The van der Waals surface area contributed by atoms with Gasteiger partial charge in [-0.05, 0) is 12.8 Å². The molecule has 3 N–H and O–H groups in total. The quantitative estimate of drug-likeness (QED) is 0.757. The fourth-order valence-corrected chi connectivity index (χ4v) is 1.69. The van der Waals surface area contributed by atoms with Crippen molar-refractivity contribution in [3.8, 4) is 0 Å². The third-order valence-corrected chi connectivity index (χ3v) is 3.61. The summed E-state index contributed by atoms with van der Waals surface area (Å²) in [6.45, 7) is 8.55. The largest absolute Gasteiger partial charge is 0.354 e. The molecule has 20 heavy (non-hydrogen) atoms. The maximum atomic E-state index is 11.8. The van der Waals surface area contributed by atoms with E-state index < -0.39 is 0 Å². The second kappa shape index (κ2) is 7.38. The van der Waals surface area contributed by atoms with Crippen LogP contribution in [-0.4, -0.2) is 28.1 Å². The predicted molar refractivity (Wildman–Crippen MR) is 77.2 cm³/mol. The molecule has 1 heterocycles. The number of nitrogens with two attached hydrogens (primary N) is 1. The third kappa shape index (κ3) is 4.92. The maximum absolute atomic E-state index is 11.8. The van der Waals surface area contributed by atoms with Crippen molar-refractivity contribution in [3.63, 3.8) is 0 Å². The highest BCUT2D eigenvalue weighted by molar-refractivity contribution is 5.76. The summed E-state index contributed by atoms with van der Waals surface area (Å²) in [5, 5.41) is 6.74. The SMILES string of the molecule is CCC(N)(CC)CNC(=O)CCc1nc(C(C)C)no1. The molecule has 1 amide bonds. The summed E-state index contributed by atoms with van der Waals surface area (Å²) in [6.07, 6.45) is 2.47. The molecule has 0 spiro atoms. The molecule has 1 rings (SSSR count). The minimum Gasteiger partial charge on any atom is -0.354 e. The molecule has 0 bridgehead atoms. The van der Waals surface area contributed by atoms with E-state index in [2.05, 4.69) is 15.5 Å². The Kier molecular flexibility index (Phi) is 6.13. The first kappa shape index (κ1) is 16.6. The zero-order valence-electron chi connectivity index (χ0n) is 12.9. The number of hydrogen-bond donors (Lipinski definition) is 2.